The number of hydrogen-bond acceptors (Lipinski definition) is 5. The van der Waals surface area contributed by atoms with E-state index in [1.165, 1.54) is 6.07 Å². The number of carboxylic acids is 1. The molecule has 3 N–H and O–H groups in total. The minimum Gasteiger partial charge on any atom is -0.491 e. The van der Waals surface area contributed by atoms with Gasteiger partial charge < -0.3 is 20.1 Å². The van der Waals surface area contributed by atoms with E-state index in [1.807, 2.05) is 4.90 Å². The molecule has 1 aliphatic rings. The van der Waals surface area contributed by atoms with Crippen LogP contribution in [0.15, 0.2) is 24.3 Å². The molecule has 0 bridgehead atoms. The summed E-state index contributed by atoms with van der Waals surface area (Å²) in [5.74, 6) is -0.696. The summed E-state index contributed by atoms with van der Waals surface area (Å²) in [6.07, 6.45) is -1.43. The normalized spacial score (nSPS) is 23.5. The lowest BCUT2D eigenvalue weighted by molar-refractivity contribution is 0.0572. The molecule has 1 fully saturated rings. The molecule has 0 saturated carbocycles. The Morgan fingerprint density at radius 1 is 1.26 bits per heavy atom. The van der Waals surface area contributed by atoms with Gasteiger partial charge in [-0.05, 0) is 12.1 Å². The van der Waals surface area contributed by atoms with Crippen LogP contribution in [0, 0.1) is 0 Å². The molecule has 6 heteroatoms. The van der Waals surface area contributed by atoms with Crippen molar-refractivity contribution < 1.29 is 24.9 Å². The number of carboxylic acid groups (broad SMARTS) is 1. The maximum Gasteiger partial charge on any atom is 0.339 e. The van der Waals surface area contributed by atoms with E-state index in [-0.39, 0.29) is 5.56 Å². The maximum atomic E-state index is 11.0. The van der Waals surface area contributed by atoms with Gasteiger partial charge in [-0.2, -0.15) is 0 Å². The molecule has 1 aliphatic heterocycles. The number of aliphatic hydroxyl groups is 2. The van der Waals surface area contributed by atoms with Crippen LogP contribution < -0.4 is 4.74 Å². The summed E-state index contributed by atoms with van der Waals surface area (Å²) in [5.41, 5.74) is 0.129. The van der Waals surface area contributed by atoms with Crippen LogP contribution in [0.1, 0.15) is 10.4 Å². The monoisotopic (exact) mass is 267 g/mol. The van der Waals surface area contributed by atoms with Crippen LogP contribution in [0.25, 0.3) is 0 Å². The number of aromatic carboxylic acids is 1. The molecule has 0 aromatic heterocycles. The van der Waals surface area contributed by atoms with Gasteiger partial charge in [-0.3, -0.25) is 4.90 Å². The van der Waals surface area contributed by atoms with Crippen LogP contribution in [0.3, 0.4) is 0 Å². The summed E-state index contributed by atoms with van der Waals surface area (Å²) in [7, 11) is 0. The number of likely N-dealkylation sites (tertiary alicyclic amines) is 1. The zero-order valence-corrected chi connectivity index (χ0v) is 10.4. The lowest BCUT2D eigenvalue weighted by atomic mass is 10.2. The van der Waals surface area contributed by atoms with Gasteiger partial charge in [-0.1, -0.05) is 12.1 Å². The number of hydrogen-bond donors (Lipinski definition) is 3. The number of β-amino-alcohol motifs (C(OH)–C–C–N with tert-alkyl or cyclic N) is 2. The fourth-order valence-electron chi connectivity index (χ4n) is 2.08. The van der Waals surface area contributed by atoms with E-state index in [0.717, 1.165) is 0 Å². The number of aliphatic hydroxyl groups excluding tert-OH is 2. The van der Waals surface area contributed by atoms with Crippen LogP contribution in [0.4, 0.5) is 0 Å². The van der Waals surface area contributed by atoms with Crippen molar-refractivity contribution in [1.82, 2.24) is 4.90 Å². The van der Waals surface area contributed by atoms with Crippen molar-refractivity contribution >= 4 is 5.97 Å². The number of benzene rings is 1. The van der Waals surface area contributed by atoms with E-state index in [9.17, 15) is 15.0 Å². The van der Waals surface area contributed by atoms with Gasteiger partial charge in [0.15, 0.2) is 0 Å². The van der Waals surface area contributed by atoms with E-state index >= 15 is 0 Å². The van der Waals surface area contributed by atoms with Crippen molar-refractivity contribution in [2.24, 2.45) is 0 Å². The van der Waals surface area contributed by atoms with Gasteiger partial charge in [0.1, 0.15) is 17.9 Å². The lowest BCUT2D eigenvalue weighted by Gasteiger charge is -2.15. The molecule has 1 heterocycles. The first-order valence-electron chi connectivity index (χ1n) is 6.11. The molecule has 19 heavy (non-hydrogen) atoms. The second-order valence-corrected chi connectivity index (χ2v) is 4.54. The molecule has 0 amide bonds. The predicted octanol–water partition coefficient (Wildman–Crippen LogP) is -0.199. The summed E-state index contributed by atoms with van der Waals surface area (Å²) >= 11 is 0. The Bertz CT molecular complexity index is 440. The standard InChI is InChI=1S/C13H17NO5/c15-10-7-14(8-11(10)16)5-6-19-12-4-2-1-3-9(12)13(17)18/h1-4,10-11,15-16H,5-8H2,(H,17,18). The van der Waals surface area contributed by atoms with Crippen LogP contribution in [0.2, 0.25) is 0 Å². The maximum absolute atomic E-state index is 11.0. The average Bonchev–Trinajstić information content (AvgIpc) is 2.69. The Kier molecular flexibility index (Phi) is 4.36. The molecule has 6 nitrogen and oxygen atoms in total. The fourth-order valence-corrected chi connectivity index (χ4v) is 2.08. The van der Waals surface area contributed by atoms with Gasteiger partial charge in [0.05, 0.1) is 12.2 Å². The molecule has 2 rings (SSSR count). The van der Waals surface area contributed by atoms with Crippen LogP contribution in [0.5, 0.6) is 5.75 Å². The highest BCUT2D eigenvalue weighted by atomic mass is 16.5. The van der Waals surface area contributed by atoms with Crippen LogP contribution in [-0.4, -0.2) is 64.6 Å². The topological polar surface area (TPSA) is 90.2 Å². The van der Waals surface area contributed by atoms with Gasteiger partial charge in [0.2, 0.25) is 0 Å². The van der Waals surface area contributed by atoms with Gasteiger partial charge >= 0.3 is 5.97 Å². The lowest BCUT2D eigenvalue weighted by Crippen LogP contribution is -2.27. The summed E-state index contributed by atoms with van der Waals surface area (Å²) in [6, 6.07) is 6.45. The van der Waals surface area contributed by atoms with Crippen molar-refractivity contribution in [1.29, 1.82) is 0 Å². The summed E-state index contributed by atoms with van der Waals surface area (Å²) < 4.78 is 5.45. The fraction of sp³-hybridized carbons (Fsp3) is 0.462. The smallest absolute Gasteiger partial charge is 0.339 e. The van der Waals surface area contributed by atoms with E-state index in [0.29, 0.717) is 32.0 Å². The van der Waals surface area contributed by atoms with Gasteiger partial charge in [-0.25, -0.2) is 4.79 Å². The Hall–Kier alpha value is -1.63. The third-order valence-electron chi connectivity index (χ3n) is 3.12. The SMILES string of the molecule is O=C(O)c1ccccc1OCCN1CC(O)C(O)C1. The molecule has 1 aromatic rings. The van der Waals surface area contributed by atoms with E-state index in [4.69, 9.17) is 9.84 Å². The first-order valence-corrected chi connectivity index (χ1v) is 6.11. The molecule has 1 saturated heterocycles. The van der Waals surface area contributed by atoms with Crippen molar-refractivity contribution in [2.75, 3.05) is 26.2 Å². The zero-order chi connectivity index (χ0) is 13.8. The minimum absolute atomic E-state index is 0.129. The first-order chi connectivity index (χ1) is 9.08. The largest absolute Gasteiger partial charge is 0.491 e. The molecule has 1 aromatic carbocycles. The van der Waals surface area contributed by atoms with E-state index in [2.05, 4.69) is 0 Å². The quantitative estimate of drug-likeness (QED) is 0.684. The van der Waals surface area contributed by atoms with Crippen molar-refractivity contribution in [2.45, 2.75) is 12.2 Å². The minimum atomic E-state index is -1.03. The second-order valence-electron chi connectivity index (χ2n) is 4.54. The Morgan fingerprint density at radius 2 is 1.89 bits per heavy atom. The molecule has 104 valence electrons. The average molecular weight is 267 g/mol. The third kappa shape index (κ3) is 3.44. The van der Waals surface area contributed by atoms with Gasteiger partial charge in [-0.15, -0.1) is 0 Å². The predicted molar refractivity (Wildman–Crippen MR) is 67.3 cm³/mol. The van der Waals surface area contributed by atoms with Crippen molar-refractivity contribution in [3.63, 3.8) is 0 Å². The summed E-state index contributed by atoms with van der Waals surface area (Å²) in [5, 5.41) is 27.8. The molecule has 0 aliphatic carbocycles. The number of rotatable bonds is 5. The molecule has 0 radical (unpaired) electrons. The number of ether oxygens (including phenoxy) is 1. The number of carbonyl (C=O) groups is 1. The molecular weight excluding hydrogens is 250 g/mol. The van der Waals surface area contributed by atoms with E-state index in [1.54, 1.807) is 18.2 Å². The zero-order valence-electron chi connectivity index (χ0n) is 10.4. The second kappa shape index (κ2) is 6.01. The van der Waals surface area contributed by atoms with Crippen molar-refractivity contribution in [3.8, 4) is 5.75 Å². The molecule has 0 spiro atoms. The van der Waals surface area contributed by atoms with E-state index < -0.39 is 18.2 Å². The highest BCUT2D eigenvalue weighted by molar-refractivity contribution is 5.90. The summed E-state index contributed by atoms with van der Waals surface area (Å²) in [6.45, 7) is 1.65. The molecule has 2 unspecified atom stereocenters. The molecule has 2 atom stereocenters. The Morgan fingerprint density at radius 3 is 2.53 bits per heavy atom. The van der Waals surface area contributed by atoms with Crippen molar-refractivity contribution in [3.05, 3.63) is 29.8 Å². The Balaban J connectivity index is 1.85. The van der Waals surface area contributed by atoms with Crippen LogP contribution in [-0.2, 0) is 0 Å². The number of nitrogens with zero attached hydrogens (tertiary/aromatic N) is 1. The number of para-hydroxylation sites is 1. The van der Waals surface area contributed by atoms with Gasteiger partial charge in [0.25, 0.3) is 0 Å². The first kappa shape index (κ1) is 13.8. The third-order valence-corrected chi connectivity index (χ3v) is 3.12. The van der Waals surface area contributed by atoms with Gasteiger partial charge in [0, 0.05) is 19.6 Å². The Labute approximate surface area is 110 Å². The highest BCUT2D eigenvalue weighted by Crippen LogP contribution is 2.18. The summed E-state index contributed by atoms with van der Waals surface area (Å²) in [4.78, 5) is 12.8. The highest BCUT2D eigenvalue weighted by Gasteiger charge is 2.29. The van der Waals surface area contributed by atoms with Crippen LogP contribution >= 0.6 is 0 Å². The molecular formula is C13H17NO5.